The van der Waals surface area contributed by atoms with Crippen molar-refractivity contribution in [2.75, 3.05) is 13.1 Å². The van der Waals surface area contributed by atoms with Gasteiger partial charge in [-0.1, -0.05) is 20.8 Å². The van der Waals surface area contributed by atoms with Crippen LogP contribution < -0.4 is 5.73 Å². The van der Waals surface area contributed by atoms with Gasteiger partial charge in [-0.15, -0.1) is 0 Å². The zero-order valence-electron chi connectivity index (χ0n) is 10.9. The van der Waals surface area contributed by atoms with E-state index in [1.807, 2.05) is 0 Å². The van der Waals surface area contributed by atoms with E-state index in [1.165, 1.54) is 4.90 Å². The van der Waals surface area contributed by atoms with Crippen LogP contribution in [0.1, 0.15) is 33.6 Å². The van der Waals surface area contributed by atoms with Crippen molar-refractivity contribution >= 4 is 5.91 Å². The Labute approximate surface area is 103 Å². The predicted molar refractivity (Wildman–Crippen MR) is 65.3 cm³/mol. The van der Waals surface area contributed by atoms with Gasteiger partial charge in [-0.3, -0.25) is 4.79 Å². The van der Waals surface area contributed by atoms with E-state index in [1.54, 1.807) is 0 Å². The summed E-state index contributed by atoms with van der Waals surface area (Å²) in [7, 11) is 0. The largest absolute Gasteiger partial charge is 0.388 e. The van der Waals surface area contributed by atoms with Crippen molar-refractivity contribution in [2.24, 2.45) is 11.1 Å². The summed E-state index contributed by atoms with van der Waals surface area (Å²) in [5, 5.41) is 18.7. The van der Waals surface area contributed by atoms with E-state index in [4.69, 9.17) is 5.73 Å². The van der Waals surface area contributed by atoms with Gasteiger partial charge in [0.15, 0.2) is 0 Å². The molecule has 1 heterocycles. The van der Waals surface area contributed by atoms with Crippen molar-refractivity contribution in [3.05, 3.63) is 0 Å². The van der Waals surface area contributed by atoms with Gasteiger partial charge in [0.25, 0.3) is 0 Å². The summed E-state index contributed by atoms with van der Waals surface area (Å²) in [6, 6.07) is -0.169. The molecule has 1 aliphatic rings. The van der Waals surface area contributed by atoms with Gasteiger partial charge in [-0.05, 0) is 11.8 Å². The maximum absolute atomic E-state index is 11.9. The van der Waals surface area contributed by atoms with Crippen LogP contribution >= 0.6 is 0 Å². The molecule has 5 heteroatoms. The Hall–Kier alpha value is -0.650. The first-order valence-corrected chi connectivity index (χ1v) is 6.08. The molecule has 17 heavy (non-hydrogen) atoms. The number of aliphatic hydroxyl groups is 2. The van der Waals surface area contributed by atoms with E-state index in [2.05, 4.69) is 20.8 Å². The Morgan fingerprint density at radius 3 is 2.24 bits per heavy atom. The number of hydrogen-bond donors (Lipinski definition) is 3. The van der Waals surface area contributed by atoms with Crippen LogP contribution in [0.15, 0.2) is 0 Å². The fraction of sp³-hybridized carbons (Fsp3) is 0.917. The topological polar surface area (TPSA) is 86.8 Å². The Bertz CT molecular complexity index is 265. The van der Waals surface area contributed by atoms with E-state index < -0.39 is 12.2 Å². The fourth-order valence-electron chi connectivity index (χ4n) is 2.19. The molecule has 1 rings (SSSR count). The van der Waals surface area contributed by atoms with Crippen molar-refractivity contribution in [2.45, 2.75) is 51.9 Å². The van der Waals surface area contributed by atoms with Crippen LogP contribution in [0.3, 0.4) is 0 Å². The van der Waals surface area contributed by atoms with Crippen LogP contribution in [0, 0.1) is 5.41 Å². The van der Waals surface area contributed by atoms with Gasteiger partial charge in [0.2, 0.25) is 5.91 Å². The molecule has 1 amide bonds. The van der Waals surface area contributed by atoms with Crippen LogP contribution in [-0.4, -0.2) is 52.4 Å². The number of nitrogens with two attached hydrogens (primary N) is 1. The summed E-state index contributed by atoms with van der Waals surface area (Å²) in [6.07, 6.45) is -0.593. The summed E-state index contributed by atoms with van der Waals surface area (Å²) in [5.41, 5.74) is 6.03. The number of amides is 1. The number of aliphatic hydroxyl groups excluding tert-OH is 2. The number of nitrogens with zero attached hydrogens (tertiary/aromatic N) is 1. The van der Waals surface area contributed by atoms with Crippen molar-refractivity contribution in [3.8, 4) is 0 Å². The lowest BCUT2D eigenvalue weighted by Gasteiger charge is -2.24. The van der Waals surface area contributed by atoms with E-state index in [9.17, 15) is 15.0 Å². The van der Waals surface area contributed by atoms with Crippen molar-refractivity contribution < 1.29 is 15.0 Å². The second kappa shape index (κ2) is 5.33. The molecule has 0 bridgehead atoms. The summed E-state index contributed by atoms with van der Waals surface area (Å²) in [5.74, 6) is -0.0858. The van der Waals surface area contributed by atoms with E-state index in [0.29, 0.717) is 0 Å². The first-order chi connectivity index (χ1) is 7.69. The van der Waals surface area contributed by atoms with Crippen LogP contribution in [0.25, 0.3) is 0 Å². The quantitative estimate of drug-likeness (QED) is 0.636. The van der Waals surface area contributed by atoms with Gasteiger partial charge in [-0.2, -0.15) is 0 Å². The molecule has 3 unspecified atom stereocenters. The van der Waals surface area contributed by atoms with Crippen molar-refractivity contribution in [1.29, 1.82) is 0 Å². The molecule has 1 fully saturated rings. The third-order valence-electron chi connectivity index (χ3n) is 2.92. The SMILES string of the molecule is CC(C)(C)CC(N)CC(=O)N1CC(O)C(O)C1. The highest BCUT2D eigenvalue weighted by molar-refractivity contribution is 5.77. The molecule has 4 N–H and O–H groups in total. The number of hydrogen-bond acceptors (Lipinski definition) is 4. The molecule has 1 saturated heterocycles. The maximum atomic E-state index is 11.9. The maximum Gasteiger partial charge on any atom is 0.224 e. The normalized spacial score (nSPS) is 27.3. The molecule has 0 aromatic heterocycles. The minimum atomic E-state index is -0.821. The molecule has 0 spiro atoms. The molecular formula is C12H24N2O3. The lowest BCUT2D eigenvalue weighted by Crippen LogP contribution is -2.36. The summed E-state index contributed by atoms with van der Waals surface area (Å²) >= 11 is 0. The third kappa shape index (κ3) is 4.61. The lowest BCUT2D eigenvalue weighted by atomic mass is 9.87. The number of likely N-dealkylation sites (tertiary alicyclic amines) is 1. The smallest absolute Gasteiger partial charge is 0.224 e. The van der Waals surface area contributed by atoms with Crippen LogP contribution in [-0.2, 0) is 4.79 Å². The Morgan fingerprint density at radius 1 is 1.35 bits per heavy atom. The summed E-state index contributed by atoms with van der Waals surface area (Å²) < 4.78 is 0. The molecule has 5 nitrogen and oxygen atoms in total. The van der Waals surface area contributed by atoms with Crippen molar-refractivity contribution in [1.82, 2.24) is 4.90 Å². The number of rotatable bonds is 3. The third-order valence-corrected chi connectivity index (χ3v) is 2.92. The molecule has 0 aliphatic carbocycles. The Kier molecular flexibility index (Phi) is 4.52. The molecule has 0 saturated carbocycles. The van der Waals surface area contributed by atoms with Crippen LogP contribution in [0.4, 0.5) is 0 Å². The Balaban J connectivity index is 2.40. The predicted octanol–water partition coefficient (Wildman–Crippen LogP) is -0.296. The first-order valence-electron chi connectivity index (χ1n) is 6.08. The number of β-amino-alcohol motifs (C(OH)–C–C–N with tert-alkyl or cyclic N) is 2. The van der Waals surface area contributed by atoms with Gasteiger partial charge in [0, 0.05) is 25.6 Å². The van der Waals surface area contributed by atoms with Gasteiger partial charge < -0.3 is 20.8 Å². The molecule has 0 aromatic rings. The minimum absolute atomic E-state index is 0.0858. The summed E-state index contributed by atoms with van der Waals surface area (Å²) in [4.78, 5) is 13.3. The molecule has 3 atom stereocenters. The zero-order chi connectivity index (χ0) is 13.2. The monoisotopic (exact) mass is 244 g/mol. The van der Waals surface area contributed by atoms with Crippen LogP contribution in [0.5, 0.6) is 0 Å². The van der Waals surface area contributed by atoms with Crippen LogP contribution in [0.2, 0.25) is 0 Å². The number of carbonyl (C=O) groups is 1. The van der Waals surface area contributed by atoms with Gasteiger partial charge in [0.05, 0.1) is 12.2 Å². The van der Waals surface area contributed by atoms with E-state index >= 15 is 0 Å². The molecular weight excluding hydrogens is 220 g/mol. The summed E-state index contributed by atoms with van der Waals surface area (Å²) in [6.45, 7) is 6.67. The van der Waals surface area contributed by atoms with E-state index in [-0.39, 0.29) is 36.9 Å². The van der Waals surface area contributed by atoms with Gasteiger partial charge >= 0.3 is 0 Å². The second-order valence-corrected chi connectivity index (χ2v) is 6.16. The fourth-order valence-corrected chi connectivity index (χ4v) is 2.19. The Morgan fingerprint density at radius 2 is 1.82 bits per heavy atom. The second-order valence-electron chi connectivity index (χ2n) is 6.16. The standard InChI is InChI=1S/C12H24N2O3/c1-12(2,3)5-8(13)4-11(17)14-6-9(15)10(16)7-14/h8-10,15-16H,4-7,13H2,1-3H3. The first kappa shape index (κ1) is 14.4. The highest BCUT2D eigenvalue weighted by Gasteiger charge is 2.33. The minimum Gasteiger partial charge on any atom is -0.388 e. The highest BCUT2D eigenvalue weighted by atomic mass is 16.3. The molecule has 100 valence electrons. The molecule has 0 radical (unpaired) electrons. The van der Waals surface area contributed by atoms with E-state index in [0.717, 1.165) is 6.42 Å². The number of carbonyl (C=O) groups excluding carboxylic acids is 1. The highest BCUT2D eigenvalue weighted by Crippen LogP contribution is 2.22. The van der Waals surface area contributed by atoms with Gasteiger partial charge in [-0.25, -0.2) is 0 Å². The molecule has 0 aromatic carbocycles. The zero-order valence-corrected chi connectivity index (χ0v) is 10.9. The van der Waals surface area contributed by atoms with Gasteiger partial charge in [0.1, 0.15) is 0 Å². The average molecular weight is 244 g/mol. The molecule has 1 aliphatic heterocycles. The average Bonchev–Trinajstić information content (AvgIpc) is 2.43. The van der Waals surface area contributed by atoms with Crippen molar-refractivity contribution in [3.63, 3.8) is 0 Å². The lowest BCUT2D eigenvalue weighted by molar-refractivity contribution is -0.131.